The number of carbonyl (C=O) groups is 2. The third kappa shape index (κ3) is 4.57. The van der Waals surface area contributed by atoms with Crippen LogP contribution in [0.3, 0.4) is 0 Å². The van der Waals surface area contributed by atoms with Gasteiger partial charge in [0.05, 0.1) is 0 Å². The van der Waals surface area contributed by atoms with E-state index in [0.717, 1.165) is 5.56 Å². The Morgan fingerprint density at radius 2 is 1.83 bits per heavy atom. The molecule has 0 aliphatic carbocycles. The zero-order valence-corrected chi connectivity index (χ0v) is 10.8. The van der Waals surface area contributed by atoms with Crippen LogP contribution in [-0.2, 0) is 16.0 Å². The van der Waals surface area contributed by atoms with Crippen molar-refractivity contribution in [2.24, 2.45) is 11.7 Å². The van der Waals surface area contributed by atoms with Crippen molar-refractivity contribution in [3.8, 4) is 0 Å². The van der Waals surface area contributed by atoms with Crippen molar-refractivity contribution in [3.05, 3.63) is 35.9 Å². The van der Waals surface area contributed by atoms with Gasteiger partial charge in [0.25, 0.3) is 0 Å². The second-order valence-electron chi connectivity index (χ2n) is 4.68. The first kappa shape index (κ1) is 14.2. The Labute approximate surface area is 108 Å². The Kier molecular flexibility index (Phi) is 5.36. The van der Waals surface area contributed by atoms with Crippen molar-refractivity contribution in [1.29, 1.82) is 0 Å². The number of nitrogens with two attached hydrogens (primary N) is 1. The highest BCUT2D eigenvalue weighted by Gasteiger charge is 2.21. The molecule has 18 heavy (non-hydrogen) atoms. The number of nitrogens with one attached hydrogen (secondary N) is 1. The Morgan fingerprint density at radius 1 is 1.22 bits per heavy atom. The van der Waals surface area contributed by atoms with Gasteiger partial charge in [0, 0.05) is 6.42 Å². The predicted octanol–water partition coefficient (Wildman–Crippen LogP) is 1.25. The fraction of sp³-hybridized carbons (Fsp3) is 0.429. The molecule has 4 heteroatoms. The summed E-state index contributed by atoms with van der Waals surface area (Å²) in [7, 11) is 0. The third-order valence-electron chi connectivity index (χ3n) is 2.77. The van der Waals surface area contributed by atoms with E-state index in [9.17, 15) is 9.59 Å². The molecule has 0 saturated heterocycles. The number of carbonyl (C=O) groups excluding carboxylic acids is 2. The van der Waals surface area contributed by atoms with Gasteiger partial charge in [-0.15, -0.1) is 0 Å². The van der Waals surface area contributed by atoms with Crippen LogP contribution in [0.15, 0.2) is 30.3 Å². The molecule has 1 aromatic carbocycles. The summed E-state index contributed by atoms with van der Waals surface area (Å²) in [5, 5.41) is 2.67. The molecule has 1 rings (SSSR count). The molecule has 3 N–H and O–H groups in total. The number of amides is 2. The van der Waals surface area contributed by atoms with E-state index in [4.69, 9.17) is 5.73 Å². The van der Waals surface area contributed by atoms with E-state index in [-0.39, 0.29) is 11.8 Å². The lowest BCUT2D eigenvalue weighted by Gasteiger charge is -2.18. The van der Waals surface area contributed by atoms with Gasteiger partial charge in [0.1, 0.15) is 6.04 Å². The summed E-state index contributed by atoms with van der Waals surface area (Å²) < 4.78 is 0. The van der Waals surface area contributed by atoms with E-state index in [2.05, 4.69) is 5.32 Å². The quantitative estimate of drug-likeness (QED) is 0.795. The van der Waals surface area contributed by atoms with Crippen LogP contribution in [0.5, 0.6) is 0 Å². The molecule has 1 atom stereocenters. The molecule has 0 aliphatic rings. The van der Waals surface area contributed by atoms with Crippen molar-refractivity contribution in [1.82, 2.24) is 5.32 Å². The van der Waals surface area contributed by atoms with Crippen molar-refractivity contribution < 1.29 is 9.59 Å². The van der Waals surface area contributed by atoms with E-state index in [1.54, 1.807) is 0 Å². The fourth-order valence-corrected chi connectivity index (χ4v) is 1.71. The summed E-state index contributed by atoms with van der Waals surface area (Å²) in [6.45, 7) is 3.71. The van der Waals surface area contributed by atoms with Gasteiger partial charge in [0.2, 0.25) is 11.8 Å². The predicted molar refractivity (Wildman–Crippen MR) is 70.7 cm³/mol. The standard InChI is InChI=1S/C14H20N2O2/c1-10(2)13(14(15)18)16-12(17)9-8-11-6-4-3-5-7-11/h3-7,10,13H,8-9H2,1-2H3,(H2,15,18)(H,16,17)/t13-/m1/s1. The molecule has 0 heterocycles. The Bertz CT molecular complexity index is 402. The van der Waals surface area contributed by atoms with E-state index in [1.165, 1.54) is 0 Å². The second-order valence-corrected chi connectivity index (χ2v) is 4.68. The number of rotatable bonds is 6. The van der Waals surface area contributed by atoms with Crippen LogP contribution < -0.4 is 11.1 Å². The van der Waals surface area contributed by atoms with Gasteiger partial charge in [-0.25, -0.2) is 0 Å². The first-order chi connectivity index (χ1) is 8.50. The van der Waals surface area contributed by atoms with Gasteiger partial charge in [-0.3, -0.25) is 9.59 Å². The Balaban J connectivity index is 2.44. The molecule has 0 aliphatic heterocycles. The van der Waals surface area contributed by atoms with Crippen LogP contribution in [-0.4, -0.2) is 17.9 Å². The number of primary amides is 1. The van der Waals surface area contributed by atoms with Gasteiger partial charge in [-0.05, 0) is 17.9 Å². The number of hydrogen-bond donors (Lipinski definition) is 2. The first-order valence-electron chi connectivity index (χ1n) is 6.13. The lowest BCUT2D eigenvalue weighted by Crippen LogP contribution is -2.47. The maximum atomic E-state index is 11.7. The highest BCUT2D eigenvalue weighted by molar-refractivity contribution is 5.86. The largest absolute Gasteiger partial charge is 0.368 e. The van der Waals surface area contributed by atoms with E-state index in [1.807, 2.05) is 44.2 Å². The summed E-state index contributed by atoms with van der Waals surface area (Å²) in [5.41, 5.74) is 6.34. The normalized spacial score (nSPS) is 12.2. The van der Waals surface area contributed by atoms with Gasteiger partial charge in [-0.1, -0.05) is 44.2 Å². The summed E-state index contributed by atoms with van der Waals surface area (Å²) in [4.78, 5) is 22.9. The lowest BCUT2D eigenvalue weighted by atomic mass is 10.0. The minimum absolute atomic E-state index is 0.00294. The highest BCUT2D eigenvalue weighted by atomic mass is 16.2. The number of aryl methyl sites for hydroxylation is 1. The van der Waals surface area contributed by atoms with E-state index < -0.39 is 11.9 Å². The minimum Gasteiger partial charge on any atom is -0.368 e. The van der Waals surface area contributed by atoms with Crippen molar-refractivity contribution in [3.63, 3.8) is 0 Å². The molecule has 0 saturated carbocycles. The summed E-state index contributed by atoms with van der Waals surface area (Å²) in [6.07, 6.45) is 1.02. The summed E-state index contributed by atoms with van der Waals surface area (Å²) in [6, 6.07) is 9.17. The highest BCUT2D eigenvalue weighted by Crippen LogP contribution is 2.04. The number of benzene rings is 1. The minimum atomic E-state index is -0.590. The summed E-state index contributed by atoms with van der Waals surface area (Å²) in [5.74, 6) is -0.627. The molecule has 0 unspecified atom stereocenters. The van der Waals surface area contributed by atoms with Gasteiger partial charge in [-0.2, -0.15) is 0 Å². The van der Waals surface area contributed by atoms with Crippen LogP contribution in [0.1, 0.15) is 25.8 Å². The molecule has 2 amide bonds. The molecule has 0 fully saturated rings. The zero-order valence-electron chi connectivity index (χ0n) is 10.8. The van der Waals surface area contributed by atoms with Crippen LogP contribution in [0, 0.1) is 5.92 Å². The second kappa shape index (κ2) is 6.79. The molecule has 0 radical (unpaired) electrons. The van der Waals surface area contributed by atoms with Crippen molar-refractivity contribution >= 4 is 11.8 Å². The molecule has 1 aromatic rings. The van der Waals surface area contributed by atoms with Crippen molar-refractivity contribution in [2.75, 3.05) is 0 Å². The molecule has 0 spiro atoms. The first-order valence-corrected chi connectivity index (χ1v) is 6.13. The smallest absolute Gasteiger partial charge is 0.240 e. The van der Waals surface area contributed by atoms with Crippen LogP contribution in [0.25, 0.3) is 0 Å². The molecular weight excluding hydrogens is 228 g/mol. The summed E-state index contributed by atoms with van der Waals surface area (Å²) >= 11 is 0. The maximum absolute atomic E-state index is 11.7. The Morgan fingerprint density at radius 3 is 2.33 bits per heavy atom. The van der Waals surface area contributed by atoms with Gasteiger partial charge in [0.15, 0.2) is 0 Å². The molecule has 4 nitrogen and oxygen atoms in total. The molecule has 98 valence electrons. The van der Waals surface area contributed by atoms with Crippen LogP contribution in [0.2, 0.25) is 0 Å². The van der Waals surface area contributed by atoms with Gasteiger partial charge < -0.3 is 11.1 Å². The SMILES string of the molecule is CC(C)[C@@H](NC(=O)CCc1ccccc1)C(N)=O. The molecule has 0 bridgehead atoms. The maximum Gasteiger partial charge on any atom is 0.240 e. The van der Waals surface area contributed by atoms with E-state index in [0.29, 0.717) is 12.8 Å². The zero-order chi connectivity index (χ0) is 13.5. The molecule has 0 aromatic heterocycles. The van der Waals surface area contributed by atoms with Crippen molar-refractivity contribution in [2.45, 2.75) is 32.7 Å². The average molecular weight is 248 g/mol. The lowest BCUT2D eigenvalue weighted by molar-refractivity contribution is -0.128. The monoisotopic (exact) mass is 248 g/mol. The average Bonchev–Trinajstić information content (AvgIpc) is 2.34. The number of hydrogen-bond acceptors (Lipinski definition) is 2. The molecular formula is C14H20N2O2. The van der Waals surface area contributed by atoms with Crippen LogP contribution >= 0.6 is 0 Å². The third-order valence-corrected chi connectivity index (χ3v) is 2.77. The Hall–Kier alpha value is -1.84. The topological polar surface area (TPSA) is 72.2 Å². The van der Waals surface area contributed by atoms with E-state index >= 15 is 0 Å². The van der Waals surface area contributed by atoms with Gasteiger partial charge >= 0.3 is 0 Å². The fourth-order valence-electron chi connectivity index (χ4n) is 1.71. The van der Waals surface area contributed by atoms with Crippen LogP contribution in [0.4, 0.5) is 0 Å².